The molecule has 0 unspecified atom stereocenters. The molecule has 1 fully saturated rings. The van der Waals surface area contributed by atoms with Gasteiger partial charge in [-0.15, -0.1) is 0 Å². The van der Waals surface area contributed by atoms with Gasteiger partial charge in [-0.2, -0.15) is 0 Å². The molecule has 3 nitrogen and oxygen atoms in total. The molecule has 0 bridgehead atoms. The lowest BCUT2D eigenvalue weighted by molar-refractivity contribution is 0.149. The lowest BCUT2D eigenvalue weighted by Crippen LogP contribution is -2.22. The average molecular weight is 462 g/mol. The van der Waals surface area contributed by atoms with Crippen molar-refractivity contribution in [1.82, 2.24) is 4.67 Å². The molecule has 0 saturated carbocycles. The molecular formula is C27H25ClNO2P. The van der Waals surface area contributed by atoms with Gasteiger partial charge in [-0.3, -0.25) is 4.57 Å². The van der Waals surface area contributed by atoms with Crippen LogP contribution in [-0.4, -0.2) is 16.8 Å². The maximum absolute atomic E-state index is 14.8. The van der Waals surface area contributed by atoms with E-state index in [4.69, 9.17) is 11.6 Å². The highest BCUT2D eigenvalue weighted by Crippen LogP contribution is 2.70. The van der Waals surface area contributed by atoms with Crippen LogP contribution in [0.1, 0.15) is 23.3 Å². The van der Waals surface area contributed by atoms with Crippen molar-refractivity contribution >= 4 is 24.2 Å². The fraction of sp³-hybridized carbons (Fsp3) is 0.185. The Balaban J connectivity index is 1.61. The lowest BCUT2D eigenvalue weighted by Gasteiger charge is -2.27. The average Bonchev–Trinajstić information content (AvgIpc) is 3.07. The Kier molecular flexibility index (Phi) is 5.69. The molecule has 1 aliphatic heterocycles. The molecule has 0 aromatic heterocycles. The minimum absolute atomic E-state index is 0.0119. The molecule has 2 aliphatic rings. The summed E-state index contributed by atoms with van der Waals surface area (Å²) in [5, 5.41) is 13.5. The first-order valence-corrected chi connectivity index (χ1v) is 12.8. The van der Waals surface area contributed by atoms with Gasteiger partial charge in [0.1, 0.15) is 0 Å². The number of halogens is 1. The van der Waals surface area contributed by atoms with E-state index in [-0.39, 0.29) is 17.9 Å². The quantitative estimate of drug-likeness (QED) is 0.363. The second kappa shape index (κ2) is 8.50. The van der Waals surface area contributed by atoms with Crippen LogP contribution in [0.25, 0.3) is 0 Å². The first kappa shape index (κ1) is 21.4. The van der Waals surface area contributed by atoms with E-state index in [0.717, 1.165) is 21.7 Å². The number of rotatable bonds is 4. The summed E-state index contributed by atoms with van der Waals surface area (Å²) in [5.74, 6) is -0.274. The van der Waals surface area contributed by atoms with Gasteiger partial charge in [-0.05, 0) is 42.4 Å². The molecule has 5 rings (SSSR count). The van der Waals surface area contributed by atoms with Gasteiger partial charge in [0.25, 0.3) is 0 Å². The summed E-state index contributed by atoms with van der Waals surface area (Å²) in [7, 11) is -1.07. The van der Waals surface area contributed by atoms with Gasteiger partial charge < -0.3 is 5.11 Å². The zero-order chi connectivity index (χ0) is 22.3. The Morgan fingerprint density at radius 2 is 1.53 bits per heavy atom. The summed E-state index contributed by atoms with van der Waals surface area (Å²) in [5.41, 5.74) is 1.93. The Hall–Kier alpha value is -2.42. The number of fused-ring (bicyclic) bond motifs is 1. The van der Waals surface area contributed by atoms with Gasteiger partial charge in [0.05, 0.1) is 12.1 Å². The molecule has 1 heterocycles. The van der Waals surface area contributed by atoms with Crippen molar-refractivity contribution in [3.05, 3.63) is 125 Å². The number of aliphatic hydroxyl groups excluding tert-OH is 1. The molecule has 1 N–H and O–H groups in total. The zero-order valence-electron chi connectivity index (χ0n) is 17.8. The van der Waals surface area contributed by atoms with Crippen molar-refractivity contribution in [1.29, 1.82) is 0 Å². The van der Waals surface area contributed by atoms with Crippen LogP contribution in [-0.2, 0) is 4.57 Å². The van der Waals surface area contributed by atoms with Crippen LogP contribution >= 0.6 is 18.9 Å². The SMILES string of the molecule is CN1[C@H](c2ccccc2)[C@H]2C=C[C@@H]([C@H](O)c3ccc(Cl)cc3)C=C2[P@]1(=O)c1ccccc1. The van der Waals surface area contributed by atoms with Crippen molar-refractivity contribution in [3.8, 4) is 0 Å². The Morgan fingerprint density at radius 3 is 2.19 bits per heavy atom. The van der Waals surface area contributed by atoms with Gasteiger partial charge in [0.2, 0.25) is 7.29 Å². The van der Waals surface area contributed by atoms with E-state index >= 15 is 0 Å². The van der Waals surface area contributed by atoms with Crippen molar-refractivity contribution in [2.75, 3.05) is 7.05 Å². The van der Waals surface area contributed by atoms with E-state index in [2.05, 4.69) is 29.0 Å². The number of nitrogens with zero attached hydrogens (tertiary/aromatic N) is 1. The molecule has 3 aromatic rings. The van der Waals surface area contributed by atoms with E-state index in [9.17, 15) is 9.67 Å². The largest absolute Gasteiger partial charge is 0.387 e. The second-order valence-electron chi connectivity index (χ2n) is 8.42. The summed E-state index contributed by atoms with van der Waals surface area (Å²) in [6.07, 6.45) is 5.49. The lowest BCUT2D eigenvalue weighted by atomic mass is 9.84. The summed E-state index contributed by atoms with van der Waals surface area (Å²) < 4.78 is 16.8. The summed E-state index contributed by atoms with van der Waals surface area (Å²) in [4.78, 5) is 0. The third-order valence-corrected chi connectivity index (χ3v) is 10.1. The molecule has 3 aromatic carbocycles. The van der Waals surface area contributed by atoms with Crippen molar-refractivity contribution < 1.29 is 9.67 Å². The Bertz CT molecular complexity index is 1210. The minimum atomic E-state index is -3.03. The predicted molar refractivity (Wildman–Crippen MR) is 131 cm³/mol. The summed E-state index contributed by atoms with van der Waals surface area (Å²) >= 11 is 6.02. The Morgan fingerprint density at radius 1 is 0.906 bits per heavy atom. The molecule has 0 radical (unpaired) electrons. The zero-order valence-corrected chi connectivity index (χ0v) is 19.4. The molecule has 162 valence electrons. The van der Waals surface area contributed by atoms with Crippen LogP contribution in [0, 0.1) is 11.8 Å². The van der Waals surface area contributed by atoms with E-state index in [0.29, 0.717) is 5.02 Å². The third kappa shape index (κ3) is 3.50. The second-order valence-corrected chi connectivity index (χ2v) is 11.7. The number of hydrogen-bond acceptors (Lipinski definition) is 2. The van der Waals surface area contributed by atoms with Crippen LogP contribution in [0.5, 0.6) is 0 Å². The van der Waals surface area contributed by atoms with Crippen LogP contribution in [0.4, 0.5) is 0 Å². The highest BCUT2D eigenvalue weighted by molar-refractivity contribution is 7.73. The van der Waals surface area contributed by atoms with Gasteiger partial charge >= 0.3 is 0 Å². The number of hydrogen-bond donors (Lipinski definition) is 1. The van der Waals surface area contributed by atoms with Crippen LogP contribution in [0.2, 0.25) is 5.02 Å². The molecule has 0 spiro atoms. The van der Waals surface area contributed by atoms with E-state index in [1.807, 2.05) is 73.8 Å². The molecule has 32 heavy (non-hydrogen) atoms. The normalized spacial score (nSPS) is 28.2. The van der Waals surface area contributed by atoms with E-state index in [1.54, 1.807) is 12.1 Å². The van der Waals surface area contributed by atoms with Gasteiger partial charge in [-0.25, -0.2) is 4.67 Å². The van der Waals surface area contributed by atoms with Crippen LogP contribution < -0.4 is 5.30 Å². The monoisotopic (exact) mass is 461 g/mol. The number of benzene rings is 3. The molecule has 0 amide bonds. The first-order valence-electron chi connectivity index (χ1n) is 10.8. The maximum atomic E-state index is 14.8. The van der Waals surface area contributed by atoms with Crippen molar-refractivity contribution in [3.63, 3.8) is 0 Å². The molecule has 1 saturated heterocycles. The smallest absolute Gasteiger partial charge is 0.203 e. The predicted octanol–water partition coefficient (Wildman–Crippen LogP) is 6.35. The van der Waals surface area contributed by atoms with Gasteiger partial charge in [0, 0.05) is 27.5 Å². The third-order valence-electron chi connectivity index (χ3n) is 6.61. The maximum Gasteiger partial charge on any atom is 0.203 e. The summed E-state index contributed by atoms with van der Waals surface area (Å²) in [6, 6.07) is 27.2. The van der Waals surface area contributed by atoms with Crippen molar-refractivity contribution in [2.24, 2.45) is 11.8 Å². The van der Waals surface area contributed by atoms with Gasteiger partial charge in [0.15, 0.2) is 0 Å². The van der Waals surface area contributed by atoms with Gasteiger partial charge in [-0.1, -0.05) is 90.5 Å². The minimum Gasteiger partial charge on any atom is -0.387 e. The van der Waals surface area contributed by atoms with Crippen LogP contribution in [0.15, 0.2) is 108 Å². The topological polar surface area (TPSA) is 40.5 Å². The molecular weight excluding hydrogens is 437 g/mol. The fourth-order valence-electron chi connectivity index (χ4n) is 4.98. The van der Waals surface area contributed by atoms with E-state index < -0.39 is 13.4 Å². The van der Waals surface area contributed by atoms with E-state index in [1.165, 1.54) is 0 Å². The fourth-order valence-corrected chi connectivity index (χ4v) is 8.35. The van der Waals surface area contributed by atoms with Crippen molar-refractivity contribution in [2.45, 2.75) is 12.1 Å². The molecule has 5 heteroatoms. The first-order chi connectivity index (χ1) is 15.5. The van der Waals surface area contributed by atoms with Crippen LogP contribution in [0.3, 0.4) is 0 Å². The number of aliphatic hydroxyl groups is 1. The Labute approximate surface area is 194 Å². The molecule has 5 atom stereocenters. The highest BCUT2D eigenvalue weighted by Gasteiger charge is 2.52. The molecule has 1 aliphatic carbocycles. The summed E-state index contributed by atoms with van der Waals surface area (Å²) in [6.45, 7) is 0. The highest BCUT2D eigenvalue weighted by atomic mass is 35.5. The standard InChI is InChI=1S/C27H25ClNO2P/c1-29-26(19-8-4-2-5-9-19)24-17-14-21(27(30)20-12-15-22(28)16-13-20)18-25(24)32(29,31)23-10-6-3-7-11-23/h2-18,21,24,26-27,30H,1H3/t21-,24+,26-,27-,32-/m1/s1.